The largest absolute Gasteiger partial charge is 0.813 e. The van der Waals surface area contributed by atoms with Crippen molar-refractivity contribution in [2.24, 2.45) is 0 Å². The summed E-state index contributed by atoms with van der Waals surface area (Å²) >= 11 is 0. The van der Waals surface area contributed by atoms with E-state index in [1.54, 1.807) is 0 Å². The monoisotopic (exact) mass is 127 g/mol. The molecule has 1 aromatic heterocycles. The molecule has 2 heteroatoms. The molecular weight excluding hydrogens is 118 g/mol. The van der Waals surface area contributed by atoms with Crippen molar-refractivity contribution in [2.75, 3.05) is 0 Å². The van der Waals surface area contributed by atoms with E-state index in [0.717, 1.165) is 0 Å². The van der Waals surface area contributed by atoms with E-state index in [1.165, 1.54) is 5.56 Å². The van der Waals surface area contributed by atoms with E-state index in [0.29, 0.717) is 0 Å². The summed E-state index contributed by atoms with van der Waals surface area (Å²) in [4.78, 5) is 2.93. The van der Waals surface area contributed by atoms with Crippen LogP contribution in [0.1, 0.15) is 5.56 Å². The highest BCUT2D eigenvalue weighted by atomic mass is 32.1. The van der Waals surface area contributed by atoms with E-state index in [4.69, 9.17) is 0 Å². The van der Waals surface area contributed by atoms with Crippen molar-refractivity contribution in [1.82, 2.24) is 0 Å². The van der Waals surface area contributed by atoms with Gasteiger partial charge in [-0.05, 0) is 12.5 Å². The number of aryl methyl sites for hydroxylation is 1. The average molecular weight is 127 g/mol. The minimum Gasteiger partial charge on any atom is -0.813 e. The van der Waals surface area contributed by atoms with Gasteiger partial charge < -0.3 is 13.5 Å². The molecule has 0 radical (unpaired) electrons. The van der Waals surface area contributed by atoms with Crippen LogP contribution in [-0.4, -0.2) is 0 Å². The fourth-order valence-electron chi connectivity index (χ4n) is 0.470. The molecule has 0 bridgehead atoms. The second kappa shape index (κ2) is 3.50. The summed E-state index contributed by atoms with van der Waals surface area (Å²) < 4.78 is 0. The lowest BCUT2D eigenvalue weighted by molar-refractivity contribution is -0.378. The molecule has 44 valence electrons. The van der Waals surface area contributed by atoms with E-state index in [-0.39, 0.29) is 13.5 Å². The van der Waals surface area contributed by atoms with Gasteiger partial charge in [0.1, 0.15) is 0 Å². The molecule has 0 aliphatic rings. The molecule has 0 saturated carbocycles. The Hall–Kier alpha value is -0.500. The standard InChI is InChI=1S/C6H7N.H2S/c1-6-2-4-7-5-3-6;/h2-5H,1H3;1H2. The third-order valence-corrected chi connectivity index (χ3v) is 0.885. The summed E-state index contributed by atoms with van der Waals surface area (Å²) in [7, 11) is 0. The molecule has 8 heavy (non-hydrogen) atoms. The van der Waals surface area contributed by atoms with Gasteiger partial charge in [0.25, 0.3) is 0 Å². The van der Waals surface area contributed by atoms with Crippen LogP contribution >= 0.6 is 0 Å². The highest BCUT2D eigenvalue weighted by Gasteiger charge is 1.78. The zero-order valence-electron chi connectivity index (χ0n) is 4.76. The molecule has 0 aliphatic heterocycles. The number of rotatable bonds is 0. The van der Waals surface area contributed by atoms with Gasteiger partial charge in [0.15, 0.2) is 12.4 Å². The molecule has 1 heterocycles. The van der Waals surface area contributed by atoms with Crippen molar-refractivity contribution >= 4 is 13.5 Å². The highest BCUT2D eigenvalue weighted by Crippen LogP contribution is 1.86. The molecule has 1 nitrogen and oxygen atoms in total. The van der Waals surface area contributed by atoms with Crippen LogP contribution < -0.4 is 4.98 Å². The van der Waals surface area contributed by atoms with Crippen molar-refractivity contribution in [3.63, 3.8) is 0 Å². The van der Waals surface area contributed by atoms with Gasteiger partial charge in [-0.25, -0.2) is 4.98 Å². The summed E-state index contributed by atoms with van der Waals surface area (Å²) in [5.41, 5.74) is 1.29. The number of nitrogens with one attached hydrogen (secondary N) is 1. The lowest BCUT2D eigenvalue weighted by Gasteiger charge is -1.77. The summed E-state index contributed by atoms with van der Waals surface area (Å²) in [5, 5.41) is 0. The Morgan fingerprint density at radius 1 is 1.25 bits per heavy atom. The molecule has 1 N–H and O–H groups in total. The first kappa shape index (κ1) is 7.50. The molecule has 0 aliphatic carbocycles. The van der Waals surface area contributed by atoms with Crippen molar-refractivity contribution in [2.45, 2.75) is 6.92 Å². The first-order chi connectivity index (χ1) is 3.39. The van der Waals surface area contributed by atoms with Crippen LogP contribution in [0.5, 0.6) is 0 Å². The van der Waals surface area contributed by atoms with Gasteiger partial charge in [-0.3, -0.25) is 0 Å². The van der Waals surface area contributed by atoms with Crippen LogP contribution in [0.25, 0.3) is 0 Å². The lowest BCUT2D eigenvalue weighted by Crippen LogP contribution is -1.95. The molecule has 0 atom stereocenters. The molecule has 0 amide bonds. The van der Waals surface area contributed by atoms with E-state index in [9.17, 15) is 0 Å². The number of pyridine rings is 1. The van der Waals surface area contributed by atoms with Gasteiger partial charge in [-0.2, -0.15) is 0 Å². The summed E-state index contributed by atoms with van der Waals surface area (Å²) in [6.07, 6.45) is 3.82. The van der Waals surface area contributed by atoms with E-state index < -0.39 is 0 Å². The minimum atomic E-state index is 0. The fourth-order valence-corrected chi connectivity index (χ4v) is 0.470. The Morgan fingerprint density at radius 3 is 2.00 bits per heavy atom. The molecule has 0 fully saturated rings. The Kier molecular flexibility index (Phi) is 3.28. The summed E-state index contributed by atoms with van der Waals surface area (Å²) in [6, 6.07) is 4.06. The molecule has 0 aromatic carbocycles. The van der Waals surface area contributed by atoms with Gasteiger partial charge in [-0.15, -0.1) is 0 Å². The lowest BCUT2D eigenvalue weighted by atomic mass is 10.3. The highest BCUT2D eigenvalue weighted by molar-refractivity contribution is 7.37. The SMILES string of the molecule is Cc1cc[nH+]cc1.[SH-]. The number of aromatic amines is 1. The third-order valence-electron chi connectivity index (χ3n) is 0.885. The summed E-state index contributed by atoms with van der Waals surface area (Å²) in [5.74, 6) is 0. The topological polar surface area (TPSA) is 14.1 Å². The van der Waals surface area contributed by atoms with Gasteiger partial charge in [-0.1, -0.05) is 0 Å². The third kappa shape index (κ3) is 1.98. The van der Waals surface area contributed by atoms with Crippen LogP contribution in [0.2, 0.25) is 0 Å². The first-order valence-corrected chi connectivity index (χ1v) is 2.32. The van der Waals surface area contributed by atoms with E-state index in [2.05, 4.69) is 11.9 Å². The molecule has 1 rings (SSSR count). The van der Waals surface area contributed by atoms with E-state index >= 15 is 0 Å². The van der Waals surface area contributed by atoms with Gasteiger partial charge in [0.2, 0.25) is 0 Å². The zero-order valence-corrected chi connectivity index (χ0v) is 5.65. The Bertz CT molecular complexity index is 138. The molecule has 1 aromatic rings. The van der Waals surface area contributed by atoms with Crippen LogP contribution in [0.15, 0.2) is 24.5 Å². The molecule has 0 spiro atoms. The molecular formula is C6H9NS. The van der Waals surface area contributed by atoms with Gasteiger partial charge in [0, 0.05) is 12.1 Å². The maximum absolute atomic E-state index is 2.93. The Labute approximate surface area is 56.2 Å². The maximum Gasteiger partial charge on any atom is 0.167 e. The van der Waals surface area contributed by atoms with E-state index in [1.807, 2.05) is 24.5 Å². The predicted octanol–water partition coefficient (Wildman–Crippen LogP) is 0.539. The van der Waals surface area contributed by atoms with Crippen LogP contribution in [-0.2, 0) is 13.5 Å². The van der Waals surface area contributed by atoms with Crippen LogP contribution in [0, 0.1) is 6.92 Å². The number of aromatic nitrogens is 1. The van der Waals surface area contributed by atoms with Gasteiger partial charge >= 0.3 is 0 Å². The van der Waals surface area contributed by atoms with Crippen molar-refractivity contribution in [3.05, 3.63) is 30.1 Å². The van der Waals surface area contributed by atoms with Crippen LogP contribution in [0.4, 0.5) is 0 Å². The minimum absolute atomic E-state index is 0. The second-order valence-electron chi connectivity index (χ2n) is 1.58. The number of hydrogen-bond donors (Lipinski definition) is 0. The van der Waals surface area contributed by atoms with Crippen molar-refractivity contribution in [3.8, 4) is 0 Å². The number of thiol groups is 1. The van der Waals surface area contributed by atoms with Crippen LogP contribution in [0.3, 0.4) is 0 Å². The zero-order chi connectivity index (χ0) is 5.11. The second-order valence-corrected chi connectivity index (χ2v) is 1.58. The smallest absolute Gasteiger partial charge is 0.167 e. The molecule has 0 unspecified atom stereocenters. The average Bonchev–Trinajstić information content (AvgIpc) is 1.69. The quantitative estimate of drug-likeness (QED) is 0.366. The normalized spacial score (nSPS) is 7.62. The molecule has 0 saturated heterocycles. The fraction of sp³-hybridized carbons (Fsp3) is 0.167. The first-order valence-electron chi connectivity index (χ1n) is 2.32. The van der Waals surface area contributed by atoms with Crippen molar-refractivity contribution in [1.29, 1.82) is 0 Å². The Balaban J connectivity index is 0.000000490. The predicted molar refractivity (Wildman–Crippen MR) is 36.5 cm³/mol. The van der Waals surface area contributed by atoms with Gasteiger partial charge in [0.05, 0.1) is 0 Å². The summed E-state index contributed by atoms with van der Waals surface area (Å²) in [6.45, 7) is 2.06. The van der Waals surface area contributed by atoms with Crippen molar-refractivity contribution < 1.29 is 4.98 Å². The maximum atomic E-state index is 2.93. The number of H-pyrrole nitrogens is 1. The Morgan fingerprint density at radius 2 is 1.75 bits per heavy atom. The number of hydrogen-bond acceptors (Lipinski definition) is 1.